The summed E-state index contributed by atoms with van der Waals surface area (Å²) < 4.78 is 14.8. The first-order valence-corrected chi connectivity index (χ1v) is 21.1. The van der Waals surface area contributed by atoms with Gasteiger partial charge in [-0.25, -0.2) is 4.98 Å². The quantitative estimate of drug-likeness (QED) is 0.167. The zero-order valence-corrected chi connectivity index (χ0v) is 33.7. The number of nitrogens with zero attached hydrogens (tertiary/aromatic N) is 4. The van der Waals surface area contributed by atoms with Crippen molar-refractivity contribution in [3.63, 3.8) is 0 Å². The Morgan fingerprint density at radius 3 is 1.65 bits per heavy atom. The highest BCUT2D eigenvalue weighted by molar-refractivity contribution is 6.15. The number of benzene rings is 9. The molecule has 0 spiro atoms. The van der Waals surface area contributed by atoms with Gasteiger partial charge in [-0.15, -0.1) is 0 Å². The Labute approximate surface area is 361 Å². The maximum absolute atomic E-state index is 6.36. The zero-order chi connectivity index (χ0) is 41.4. The van der Waals surface area contributed by atoms with Gasteiger partial charge in [0.2, 0.25) is 5.95 Å². The van der Waals surface area contributed by atoms with Gasteiger partial charge >= 0.3 is 0 Å². The number of hydrogen-bond donors (Lipinski definition) is 0. The van der Waals surface area contributed by atoms with Crippen molar-refractivity contribution in [3.8, 4) is 62.1 Å². The number of fused-ring (bicyclic) bond motifs is 9. The normalized spacial score (nSPS) is 11.8. The summed E-state index contributed by atoms with van der Waals surface area (Å²) in [5.74, 6) is 1.66. The number of para-hydroxylation sites is 3. The van der Waals surface area contributed by atoms with Gasteiger partial charge in [-0.1, -0.05) is 152 Å². The van der Waals surface area contributed by atoms with E-state index in [9.17, 15) is 0 Å². The van der Waals surface area contributed by atoms with Crippen molar-refractivity contribution in [1.82, 2.24) is 19.5 Å². The van der Waals surface area contributed by atoms with Crippen molar-refractivity contribution >= 4 is 65.7 Å². The summed E-state index contributed by atoms with van der Waals surface area (Å²) in [6, 6.07) is 71.8. The zero-order valence-electron chi connectivity index (χ0n) is 33.7. The predicted molar refractivity (Wildman–Crippen MR) is 256 cm³/mol. The Morgan fingerprint density at radius 1 is 0.302 bits per heavy atom. The van der Waals surface area contributed by atoms with E-state index < -0.39 is 0 Å². The third kappa shape index (κ3) is 5.76. The molecule has 0 bridgehead atoms. The molecule has 0 fully saturated rings. The maximum Gasteiger partial charge on any atom is 0.238 e. The lowest BCUT2D eigenvalue weighted by molar-refractivity contribution is 0.668. The molecule has 13 rings (SSSR count). The highest BCUT2D eigenvalue weighted by atomic mass is 16.3. The molecule has 0 radical (unpaired) electrons. The molecule has 9 aromatic carbocycles. The third-order valence-corrected chi connectivity index (χ3v) is 12.3. The smallest absolute Gasteiger partial charge is 0.238 e. The van der Waals surface area contributed by atoms with E-state index in [1.54, 1.807) is 0 Å². The van der Waals surface area contributed by atoms with Crippen LogP contribution < -0.4 is 0 Å². The first-order chi connectivity index (χ1) is 31.2. The molecule has 0 unspecified atom stereocenters. The SMILES string of the molecule is c1ccc(-c2ccc3c(c2)c2cccc(-c4cccc(-c5ccc6oc7ccccc7c6c5)c4)c2n3-c2nc(-c3ccccc3)nc(-c3ccc4c(c3)oc3ccccc34)n2)cc1. The molecular formula is C57H34N4O2. The monoisotopic (exact) mass is 806 g/mol. The highest BCUT2D eigenvalue weighted by Gasteiger charge is 2.22. The molecule has 63 heavy (non-hydrogen) atoms. The van der Waals surface area contributed by atoms with Crippen molar-refractivity contribution in [3.05, 3.63) is 206 Å². The second-order valence-electron chi connectivity index (χ2n) is 16.0. The molecule has 6 nitrogen and oxygen atoms in total. The maximum atomic E-state index is 6.36. The average molecular weight is 807 g/mol. The van der Waals surface area contributed by atoms with Crippen molar-refractivity contribution in [1.29, 1.82) is 0 Å². The number of hydrogen-bond acceptors (Lipinski definition) is 5. The molecule has 6 heteroatoms. The number of aromatic nitrogens is 4. The Bertz CT molecular complexity index is 3920. The molecule has 0 amide bonds. The molecule has 0 aliphatic rings. The molecule has 0 saturated carbocycles. The largest absolute Gasteiger partial charge is 0.456 e. The van der Waals surface area contributed by atoms with Gasteiger partial charge in [0.05, 0.1) is 11.0 Å². The first kappa shape index (κ1) is 35.2. The van der Waals surface area contributed by atoms with Gasteiger partial charge in [0.1, 0.15) is 22.3 Å². The Hall–Kier alpha value is -8.61. The second-order valence-corrected chi connectivity index (χ2v) is 16.0. The standard InChI is InChI=1S/C57H34N4O2/c1-3-13-35(14-4-1)38-26-29-49-47(32-38)46-22-12-21-42(40-18-11-17-37(31-40)39-27-30-52-48(33-39)44-20-8-10-24-51(44)62-52)54(46)61(49)57-59-55(36-15-5-2-6-16-36)58-56(60-57)41-25-28-45-43-19-7-9-23-50(43)63-53(45)34-41/h1-34H. The molecular weight excluding hydrogens is 773 g/mol. The van der Waals surface area contributed by atoms with Crippen LogP contribution in [0, 0.1) is 0 Å². The molecule has 13 aromatic rings. The lowest BCUT2D eigenvalue weighted by Crippen LogP contribution is -2.07. The van der Waals surface area contributed by atoms with Gasteiger partial charge in [0.25, 0.3) is 0 Å². The fraction of sp³-hybridized carbons (Fsp3) is 0. The van der Waals surface area contributed by atoms with Crippen LogP contribution >= 0.6 is 0 Å². The lowest BCUT2D eigenvalue weighted by Gasteiger charge is -2.13. The molecule has 0 aliphatic carbocycles. The van der Waals surface area contributed by atoms with E-state index in [2.05, 4.69) is 144 Å². The van der Waals surface area contributed by atoms with Crippen LogP contribution in [-0.2, 0) is 0 Å². The van der Waals surface area contributed by atoms with Crippen LogP contribution in [0.5, 0.6) is 0 Å². The van der Waals surface area contributed by atoms with Gasteiger partial charge < -0.3 is 8.83 Å². The minimum absolute atomic E-state index is 0.525. The summed E-state index contributed by atoms with van der Waals surface area (Å²) in [5, 5.41) is 6.54. The summed E-state index contributed by atoms with van der Waals surface area (Å²) in [6.07, 6.45) is 0. The van der Waals surface area contributed by atoms with Crippen LogP contribution in [0.4, 0.5) is 0 Å². The van der Waals surface area contributed by atoms with E-state index in [-0.39, 0.29) is 0 Å². The molecule has 0 N–H and O–H groups in total. The van der Waals surface area contributed by atoms with Crippen LogP contribution in [0.3, 0.4) is 0 Å². The molecule has 0 aliphatic heterocycles. The molecule has 294 valence electrons. The summed E-state index contributed by atoms with van der Waals surface area (Å²) in [6.45, 7) is 0. The number of furan rings is 2. The van der Waals surface area contributed by atoms with Gasteiger partial charge in [-0.3, -0.25) is 4.57 Å². The summed E-state index contributed by atoms with van der Waals surface area (Å²) in [7, 11) is 0. The highest BCUT2D eigenvalue weighted by Crippen LogP contribution is 2.41. The van der Waals surface area contributed by atoms with Crippen molar-refractivity contribution in [2.45, 2.75) is 0 Å². The van der Waals surface area contributed by atoms with E-state index in [1.807, 2.05) is 66.7 Å². The Kier molecular flexibility index (Phi) is 7.80. The topological polar surface area (TPSA) is 69.9 Å². The summed E-state index contributed by atoms with van der Waals surface area (Å²) >= 11 is 0. The van der Waals surface area contributed by atoms with Gasteiger partial charge in [0.15, 0.2) is 11.6 Å². The lowest BCUT2D eigenvalue weighted by atomic mass is 9.96. The van der Waals surface area contributed by atoms with Gasteiger partial charge in [-0.2, -0.15) is 9.97 Å². The minimum Gasteiger partial charge on any atom is -0.456 e. The minimum atomic E-state index is 0.525. The summed E-state index contributed by atoms with van der Waals surface area (Å²) in [5.41, 5.74) is 13.8. The van der Waals surface area contributed by atoms with E-state index in [0.717, 1.165) is 110 Å². The van der Waals surface area contributed by atoms with Gasteiger partial charge in [-0.05, 0) is 82.4 Å². The predicted octanol–water partition coefficient (Wildman–Crippen LogP) is 15.1. The molecule has 0 atom stereocenters. The van der Waals surface area contributed by atoms with Crippen LogP contribution in [0.25, 0.3) is 128 Å². The van der Waals surface area contributed by atoms with Crippen LogP contribution in [0.2, 0.25) is 0 Å². The van der Waals surface area contributed by atoms with Crippen molar-refractivity contribution < 1.29 is 8.83 Å². The molecule has 4 heterocycles. The average Bonchev–Trinajstić information content (AvgIpc) is 4.03. The van der Waals surface area contributed by atoms with E-state index in [0.29, 0.717) is 17.6 Å². The molecule has 0 saturated heterocycles. The van der Waals surface area contributed by atoms with E-state index >= 15 is 0 Å². The van der Waals surface area contributed by atoms with E-state index in [1.165, 1.54) is 0 Å². The van der Waals surface area contributed by atoms with E-state index in [4.69, 9.17) is 23.8 Å². The van der Waals surface area contributed by atoms with Crippen LogP contribution in [0.15, 0.2) is 215 Å². The number of rotatable bonds is 6. The Morgan fingerprint density at radius 2 is 0.841 bits per heavy atom. The fourth-order valence-electron chi connectivity index (χ4n) is 9.27. The molecule has 4 aromatic heterocycles. The van der Waals surface area contributed by atoms with Crippen LogP contribution in [-0.4, -0.2) is 19.5 Å². The van der Waals surface area contributed by atoms with Gasteiger partial charge in [0, 0.05) is 49.0 Å². The van der Waals surface area contributed by atoms with Crippen molar-refractivity contribution in [2.75, 3.05) is 0 Å². The van der Waals surface area contributed by atoms with Crippen LogP contribution in [0.1, 0.15) is 0 Å². The Balaban J connectivity index is 1.06. The fourth-order valence-corrected chi connectivity index (χ4v) is 9.27. The second kappa shape index (κ2) is 14.0. The van der Waals surface area contributed by atoms with Crippen molar-refractivity contribution in [2.24, 2.45) is 0 Å². The summed E-state index contributed by atoms with van der Waals surface area (Å²) in [4.78, 5) is 15.8. The first-order valence-electron chi connectivity index (χ1n) is 21.1. The third-order valence-electron chi connectivity index (χ3n) is 12.3.